The second-order valence-electron chi connectivity index (χ2n) is 3.06. The molecule has 0 bridgehead atoms. The van der Waals surface area contributed by atoms with Crippen LogP contribution in [0.15, 0.2) is 6.07 Å². The molecule has 14 heavy (non-hydrogen) atoms. The van der Waals surface area contributed by atoms with Gasteiger partial charge in [-0.3, -0.25) is 0 Å². The summed E-state index contributed by atoms with van der Waals surface area (Å²) < 4.78 is 4.97. The van der Waals surface area contributed by atoms with Gasteiger partial charge >= 0.3 is 5.97 Å². The zero-order chi connectivity index (χ0) is 10.6. The number of unbranched alkanes of at least 4 members (excludes halogenated alkanes) is 1. The highest BCUT2D eigenvalue weighted by atomic mass is 32.1. The highest BCUT2D eigenvalue weighted by Gasteiger charge is 2.15. The van der Waals surface area contributed by atoms with Crippen molar-refractivity contribution >= 4 is 17.3 Å². The lowest BCUT2D eigenvalue weighted by Crippen LogP contribution is -2.04. The number of aryl methyl sites for hydroxylation is 1. The second kappa shape index (κ2) is 5.00. The van der Waals surface area contributed by atoms with Crippen LogP contribution in [-0.2, 0) is 4.74 Å². The van der Waals surface area contributed by atoms with Crippen molar-refractivity contribution in [2.45, 2.75) is 26.7 Å². The third kappa shape index (κ3) is 2.73. The molecule has 1 N–H and O–H groups in total. The molecule has 0 atom stereocenters. The van der Waals surface area contributed by atoms with E-state index >= 15 is 0 Å². The van der Waals surface area contributed by atoms with Crippen LogP contribution < -0.4 is 0 Å². The van der Waals surface area contributed by atoms with Gasteiger partial charge in [0.2, 0.25) is 0 Å². The van der Waals surface area contributed by atoms with Gasteiger partial charge in [0.05, 0.1) is 6.61 Å². The van der Waals surface area contributed by atoms with E-state index in [1.54, 1.807) is 6.07 Å². The molecule has 0 radical (unpaired) electrons. The van der Waals surface area contributed by atoms with E-state index in [-0.39, 0.29) is 5.75 Å². The Kier molecular flexibility index (Phi) is 3.95. The molecule has 78 valence electrons. The van der Waals surface area contributed by atoms with Crippen molar-refractivity contribution in [3.05, 3.63) is 15.8 Å². The Morgan fingerprint density at radius 3 is 2.86 bits per heavy atom. The molecule has 0 unspecified atom stereocenters. The maximum absolute atomic E-state index is 11.4. The summed E-state index contributed by atoms with van der Waals surface area (Å²) in [4.78, 5) is 12.6. The number of ether oxygens (including phenoxy) is 1. The Labute approximate surface area is 87.3 Å². The smallest absolute Gasteiger partial charge is 0.352 e. The first kappa shape index (κ1) is 11.0. The minimum Gasteiger partial charge on any atom is -0.506 e. The molecule has 0 aliphatic rings. The minimum absolute atomic E-state index is 0.0222. The van der Waals surface area contributed by atoms with E-state index in [2.05, 4.69) is 0 Å². The number of hydrogen-bond acceptors (Lipinski definition) is 4. The molecule has 0 fully saturated rings. The molecule has 3 nitrogen and oxygen atoms in total. The van der Waals surface area contributed by atoms with Crippen molar-refractivity contribution in [3.8, 4) is 5.75 Å². The van der Waals surface area contributed by atoms with E-state index in [4.69, 9.17) is 4.74 Å². The van der Waals surface area contributed by atoms with E-state index in [1.807, 2.05) is 13.8 Å². The molecule has 0 aromatic carbocycles. The van der Waals surface area contributed by atoms with Gasteiger partial charge in [0.15, 0.2) is 4.88 Å². The van der Waals surface area contributed by atoms with Gasteiger partial charge in [0.1, 0.15) is 5.75 Å². The largest absolute Gasteiger partial charge is 0.506 e. The first-order valence-electron chi connectivity index (χ1n) is 4.61. The number of hydrogen-bond donors (Lipinski definition) is 1. The third-order valence-electron chi connectivity index (χ3n) is 1.75. The van der Waals surface area contributed by atoms with E-state index in [0.717, 1.165) is 17.7 Å². The number of rotatable bonds is 4. The lowest BCUT2D eigenvalue weighted by molar-refractivity contribution is 0.0502. The van der Waals surface area contributed by atoms with Crippen molar-refractivity contribution in [3.63, 3.8) is 0 Å². The number of thiophene rings is 1. The Morgan fingerprint density at radius 1 is 1.64 bits per heavy atom. The van der Waals surface area contributed by atoms with Crippen LogP contribution in [0.25, 0.3) is 0 Å². The SMILES string of the molecule is CCCCOC(=O)c1sc(C)cc1O. The fourth-order valence-electron chi connectivity index (χ4n) is 1.02. The molecule has 0 amide bonds. The zero-order valence-electron chi connectivity index (χ0n) is 8.37. The molecular weight excluding hydrogens is 200 g/mol. The van der Waals surface area contributed by atoms with E-state index in [9.17, 15) is 9.90 Å². The van der Waals surface area contributed by atoms with Gasteiger partial charge in [0, 0.05) is 4.88 Å². The lowest BCUT2D eigenvalue weighted by atomic mass is 10.3. The summed E-state index contributed by atoms with van der Waals surface area (Å²) in [6.45, 7) is 4.29. The van der Waals surface area contributed by atoms with Gasteiger partial charge in [0.25, 0.3) is 0 Å². The molecule has 1 rings (SSSR count). The zero-order valence-corrected chi connectivity index (χ0v) is 9.19. The average Bonchev–Trinajstić information content (AvgIpc) is 2.45. The van der Waals surface area contributed by atoms with E-state index < -0.39 is 5.97 Å². The van der Waals surface area contributed by atoms with Crippen LogP contribution in [0, 0.1) is 6.92 Å². The summed E-state index contributed by atoms with van der Waals surface area (Å²) in [5, 5.41) is 9.37. The van der Waals surface area contributed by atoms with E-state index in [0.29, 0.717) is 11.5 Å². The van der Waals surface area contributed by atoms with Crippen LogP contribution >= 0.6 is 11.3 Å². The number of carbonyl (C=O) groups excluding carboxylic acids is 1. The predicted molar refractivity (Wildman–Crippen MR) is 55.9 cm³/mol. The van der Waals surface area contributed by atoms with Crippen LogP contribution in [0.4, 0.5) is 0 Å². The van der Waals surface area contributed by atoms with E-state index in [1.165, 1.54) is 11.3 Å². The molecule has 1 aromatic heterocycles. The monoisotopic (exact) mass is 214 g/mol. The minimum atomic E-state index is -0.422. The van der Waals surface area contributed by atoms with Crippen molar-refractivity contribution in [1.82, 2.24) is 0 Å². The first-order valence-corrected chi connectivity index (χ1v) is 5.43. The molecule has 4 heteroatoms. The molecular formula is C10H14O3S. The highest BCUT2D eigenvalue weighted by Crippen LogP contribution is 2.28. The summed E-state index contributed by atoms with van der Waals surface area (Å²) >= 11 is 1.26. The Balaban J connectivity index is 2.56. The van der Waals surface area contributed by atoms with Crippen LogP contribution in [0.5, 0.6) is 5.75 Å². The van der Waals surface area contributed by atoms with Crippen LogP contribution in [0.2, 0.25) is 0 Å². The Morgan fingerprint density at radius 2 is 2.36 bits per heavy atom. The maximum atomic E-state index is 11.4. The summed E-state index contributed by atoms with van der Waals surface area (Å²) in [6.07, 6.45) is 1.85. The normalized spacial score (nSPS) is 10.1. The van der Waals surface area contributed by atoms with Gasteiger partial charge in [-0.1, -0.05) is 13.3 Å². The summed E-state index contributed by atoms with van der Waals surface area (Å²) in [5.74, 6) is -0.400. The standard InChI is InChI=1S/C10H14O3S/c1-3-4-5-13-10(12)9-8(11)6-7(2)14-9/h6,11H,3-5H2,1-2H3. The van der Waals surface area contributed by atoms with Crippen molar-refractivity contribution in [2.24, 2.45) is 0 Å². The van der Waals surface area contributed by atoms with Gasteiger partial charge in [-0.05, 0) is 19.4 Å². The van der Waals surface area contributed by atoms with Crippen molar-refractivity contribution in [2.75, 3.05) is 6.61 Å². The maximum Gasteiger partial charge on any atom is 0.352 e. The summed E-state index contributed by atoms with van der Waals surface area (Å²) in [7, 11) is 0. The average molecular weight is 214 g/mol. The Hall–Kier alpha value is -1.03. The number of aromatic hydroxyl groups is 1. The van der Waals surface area contributed by atoms with Crippen LogP contribution in [-0.4, -0.2) is 17.7 Å². The molecule has 0 aliphatic heterocycles. The molecule has 0 aliphatic carbocycles. The van der Waals surface area contributed by atoms with Crippen LogP contribution in [0.3, 0.4) is 0 Å². The fraction of sp³-hybridized carbons (Fsp3) is 0.500. The molecule has 0 saturated carbocycles. The fourth-order valence-corrected chi connectivity index (χ4v) is 1.82. The van der Waals surface area contributed by atoms with Crippen molar-refractivity contribution in [1.29, 1.82) is 0 Å². The van der Waals surface area contributed by atoms with Gasteiger partial charge < -0.3 is 9.84 Å². The molecule has 0 spiro atoms. The summed E-state index contributed by atoms with van der Waals surface area (Å²) in [6, 6.07) is 1.57. The van der Waals surface area contributed by atoms with Gasteiger partial charge in [-0.2, -0.15) is 0 Å². The quantitative estimate of drug-likeness (QED) is 0.619. The number of esters is 1. The van der Waals surface area contributed by atoms with Gasteiger partial charge in [-0.25, -0.2) is 4.79 Å². The lowest BCUT2D eigenvalue weighted by Gasteiger charge is -2.01. The van der Waals surface area contributed by atoms with Crippen LogP contribution in [0.1, 0.15) is 34.3 Å². The molecule has 1 heterocycles. The topological polar surface area (TPSA) is 46.5 Å². The van der Waals surface area contributed by atoms with Gasteiger partial charge in [-0.15, -0.1) is 11.3 Å². The number of carbonyl (C=O) groups is 1. The van der Waals surface area contributed by atoms with Crippen molar-refractivity contribution < 1.29 is 14.6 Å². The summed E-state index contributed by atoms with van der Waals surface area (Å²) in [5.41, 5.74) is 0. The second-order valence-corrected chi connectivity index (χ2v) is 4.32. The predicted octanol–water partition coefficient (Wildman–Crippen LogP) is 2.72. The third-order valence-corrected chi connectivity index (χ3v) is 2.77. The first-order chi connectivity index (χ1) is 6.65. The highest BCUT2D eigenvalue weighted by molar-refractivity contribution is 7.14. The Bertz CT molecular complexity index is 317. The molecule has 1 aromatic rings. The molecule has 0 saturated heterocycles.